The second-order valence-electron chi connectivity index (χ2n) is 9.23. The van der Waals surface area contributed by atoms with E-state index >= 15 is 0 Å². The van der Waals surface area contributed by atoms with E-state index in [1.165, 1.54) is 37.1 Å². The summed E-state index contributed by atoms with van der Waals surface area (Å²) in [5, 5.41) is 25.2. The molecule has 3 aromatic rings. The van der Waals surface area contributed by atoms with Crippen LogP contribution >= 0.6 is 11.3 Å². The Morgan fingerprint density at radius 3 is 2.47 bits per heavy atom. The molecule has 2 heterocycles. The van der Waals surface area contributed by atoms with Crippen LogP contribution < -0.4 is 5.32 Å². The van der Waals surface area contributed by atoms with E-state index in [9.17, 15) is 10.2 Å². The molecule has 32 heavy (non-hydrogen) atoms. The zero-order valence-corrected chi connectivity index (χ0v) is 20.0. The van der Waals surface area contributed by atoms with Crippen LogP contribution in [-0.2, 0) is 12.3 Å². The minimum atomic E-state index is -1.20. The van der Waals surface area contributed by atoms with E-state index in [0.717, 1.165) is 27.1 Å². The van der Waals surface area contributed by atoms with Crippen LogP contribution in [0.4, 0.5) is 0 Å². The van der Waals surface area contributed by atoms with Crippen LogP contribution in [0.15, 0.2) is 42.7 Å². The standard InChI is InChI=1S/C26H33N3O2S/c1-17(2)29-26(3,31)23-13-19(20-9-11-21(16-30)27-14-20)10-12-22(23)24-15-28-25(32-24)18-7-5-4-6-8-18/h9-15,17-18,29-31H,4-8,16H2,1-3H3. The predicted molar refractivity (Wildman–Crippen MR) is 130 cm³/mol. The van der Waals surface area contributed by atoms with E-state index in [2.05, 4.69) is 22.4 Å². The summed E-state index contributed by atoms with van der Waals surface area (Å²) in [4.78, 5) is 10.2. The van der Waals surface area contributed by atoms with Crippen molar-refractivity contribution in [2.45, 2.75) is 77.2 Å². The molecule has 170 valence electrons. The Labute approximate surface area is 194 Å². The Hall–Kier alpha value is -2.12. The number of pyridine rings is 1. The molecule has 0 aliphatic heterocycles. The lowest BCUT2D eigenvalue weighted by molar-refractivity contribution is 0.0123. The molecule has 1 unspecified atom stereocenters. The van der Waals surface area contributed by atoms with Gasteiger partial charge in [0.05, 0.1) is 22.2 Å². The minimum absolute atomic E-state index is 0.0772. The molecular weight excluding hydrogens is 418 g/mol. The summed E-state index contributed by atoms with van der Waals surface area (Å²) in [5.41, 5.74) is 3.19. The van der Waals surface area contributed by atoms with Gasteiger partial charge in [0.15, 0.2) is 0 Å². The Balaban J connectivity index is 1.75. The van der Waals surface area contributed by atoms with E-state index in [1.807, 2.05) is 45.2 Å². The second-order valence-corrected chi connectivity index (χ2v) is 10.3. The molecule has 1 fully saturated rings. The van der Waals surface area contributed by atoms with Crippen LogP contribution in [-0.4, -0.2) is 26.2 Å². The number of benzene rings is 1. The zero-order valence-electron chi connectivity index (χ0n) is 19.1. The van der Waals surface area contributed by atoms with Gasteiger partial charge in [-0.05, 0) is 51.3 Å². The lowest BCUT2D eigenvalue weighted by Gasteiger charge is -2.30. The number of nitrogens with one attached hydrogen (secondary N) is 1. The first-order valence-electron chi connectivity index (χ1n) is 11.5. The average Bonchev–Trinajstić information content (AvgIpc) is 3.29. The fourth-order valence-electron chi connectivity index (χ4n) is 4.62. The van der Waals surface area contributed by atoms with Crippen molar-refractivity contribution < 1.29 is 10.2 Å². The molecule has 0 spiro atoms. The highest BCUT2D eigenvalue weighted by Crippen LogP contribution is 2.41. The number of aromatic nitrogens is 2. The number of rotatable bonds is 7. The molecule has 0 amide bonds. The summed E-state index contributed by atoms with van der Waals surface area (Å²) in [6, 6.07) is 10.1. The van der Waals surface area contributed by atoms with Crippen LogP contribution in [0.25, 0.3) is 21.6 Å². The first kappa shape index (κ1) is 23.1. The summed E-state index contributed by atoms with van der Waals surface area (Å²) < 4.78 is 0. The van der Waals surface area contributed by atoms with Crippen molar-refractivity contribution in [3.63, 3.8) is 0 Å². The largest absolute Gasteiger partial charge is 0.390 e. The predicted octanol–water partition coefficient (Wildman–Crippen LogP) is 5.58. The molecule has 1 aliphatic rings. The molecule has 0 saturated heterocycles. The highest BCUT2D eigenvalue weighted by molar-refractivity contribution is 7.15. The van der Waals surface area contributed by atoms with E-state index in [-0.39, 0.29) is 12.6 Å². The van der Waals surface area contributed by atoms with Gasteiger partial charge < -0.3 is 10.2 Å². The van der Waals surface area contributed by atoms with E-state index < -0.39 is 5.72 Å². The van der Waals surface area contributed by atoms with Crippen LogP contribution in [0.5, 0.6) is 0 Å². The molecule has 6 heteroatoms. The maximum atomic E-state index is 11.4. The fraction of sp³-hybridized carbons (Fsp3) is 0.462. The molecule has 2 aromatic heterocycles. The highest BCUT2D eigenvalue weighted by atomic mass is 32.1. The monoisotopic (exact) mass is 451 g/mol. The van der Waals surface area contributed by atoms with Crippen LogP contribution in [0.3, 0.4) is 0 Å². The van der Waals surface area contributed by atoms with E-state index in [1.54, 1.807) is 17.5 Å². The first-order chi connectivity index (χ1) is 15.4. The summed E-state index contributed by atoms with van der Waals surface area (Å²) in [7, 11) is 0. The third-order valence-electron chi connectivity index (χ3n) is 6.18. The van der Waals surface area contributed by atoms with Gasteiger partial charge in [0, 0.05) is 41.0 Å². The van der Waals surface area contributed by atoms with Gasteiger partial charge in [-0.3, -0.25) is 10.3 Å². The quantitative estimate of drug-likeness (QED) is 0.409. The van der Waals surface area contributed by atoms with Gasteiger partial charge in [-0.1, -0.05) is 37.5 Å². The van der Waals surface area contributed by atoms with Crippen LogP contribution in [0.2, 0.25) is 0 Å². The fourth-order valence-corrected chi connectivity index (χ4v) is 5.75. The topological polar surface area (TPSA) is 78.3 Å². The zero-order chi connectivity index (χ0) is 22.7. The van der Waals surface area contributed by atoms with Crippen molar-refractivity contribution in [3.8, 4) is 21.6 Å². The second kappa shape index (κ2) is 9.79. The first-order valence-corrected chi connectivity index (χ1v) is 12.4. The third-order valence-corrected chi connectivity index (χ3v) is 7.37. The number of thiazole rings is 1. The molecule has 1 aliphatic carbocycles. The molecular formula is C26H33N3O2S. The number of hydrogen-bond donors (Lipinski definition) is 3. The van der Waals surface area contributed by atoms with Gasteiger partial charge in [-0.25, -0.2) is 4.98 Å². The average molecular weight is 452 g/mol. The smallest absolute Gasteiger partial charge is 0.140 e. The molecule has 5 nitrogen and oxygen atoms in total. The van der Waals surface area contributed by atoms with Crippen molar-refractivity contribution in [1.29, 1.82) is 0 Å². The van der Waals surface area contributed by atoms with Gasteiger partial charge in [0.25, 0.3) is 0 Å². The van der Waals surface area contributed by atoms with Crippen molar-refractivity contribution >= 4 is 11.3 Å². The molecule has 0 radical (unpaired) electrons. The third kappa shape index (κ3) is 5.09. The summed E-state index contributed by atoms with van der Waals surface area (Å²) in [6.07, 6.45) is 10.1. The summed E-state index contributed by atoms with van der Waals surface area (Å²) >= 11 is 1.76. The van der Waals surface area contributed by atoms with E-state index in [0.29, 0.717) is 11.6 Å². The van der Waals surface area contributed by atoms with Crippen molar-refractivity contribution in [2.75, 3.05) is 0 Å². The highest BCUT2D eigenvalue weighted by Gasteiger charge is 2.29. The van der Waals surface area contributed by atoms with E-state index in [4.69, 9.17) is 4.98 Å². The summed E-state index contributed by atoms with van der Waals surface area (Å²) in [6.45, 7) is 5.80. The summed E-state index contributed by atoms with van der Waals surface area (Å²) in [5.74, 6) is 0.565. The molecule has 1 atom stereocenters. The Kier molecular flexibility index (Phi) is 7.05. The molecule has 4 rings (SSSR count). The van der Waals surface area contributed by atoms with Crippen molar-refractivity contribution in [3.05, 3.63) is 59.0 Å². The van der Waals surface area contributed by atoms with Gasteiger partial charge in [-0.2, -0.15) is 0 Å². The minimum Gasteiger partial charge on any atom is -0.390 e. The molecule has 1 saturated carbocycles. The maximum Gasteiger partial charge on any atom is 0.140 e. The number of nitrogens with zero attached hydrogens (tertiary/aromatic N) is 2. The van der Waals surface area contributed by atoms with Crippen LogP contribution in [0, 0.1) is 0 Å². The van der Waals surface area contributed by atoms with Gasteiger partial charge in [-0.15, -0.1) is 11.3 Å². The van der Waals surface area contributed by atoms with Crippen molar-refractivity contribution in [1.82, 2.24) is 15.3 Å². The number of aliphatic hydroxyl groups is 2. The maximum absolute atomic E-state index is 11.4. The number of aliphatic hydroxyl groups excluding tert-OH is 1. The molecule has 3 N–H and O–H groups in total. The number of hydrogen-bond acceptors (Lipinski definition) is 6. The Bertz CT molecular complexity index is 1040. The molecule has 0 bridgehead atoms. The normalized spacial score (nSPS) is 16.9. The Morgan fingerprint density at radius 2 is 1.81 bits per heavy atom. The molecule has 1 aromatic carbocycles. The Morgan fingerprint density at radius 1 is 1.06 bits per heavy atom. The van der Waals surface area contributed by atoms with Crippen molar-refractivity contribution in [2.24, 2.45) is 0 Å². The lowest BCUT2D eigenvalue weighted by Crippen LogP contribution is -2.43. The van der Waals surface area contributed by atoms with Gasteiger partial charge in [0.1, 0.15) is 5.72 Å². The SMILES string of the molecule is CC(C)NC(C)(O)c1cc(-c2ccc(CO)nc2)ccc1-c1cnc(C2CCCCC2)s1. The lowest BCUT2D eigenvalue weighted by atomic mass is 9.90. The van der Waals surface area contributed by atoms with Gasteiger partial charge >= 0.3 is 0 Å². The van der Waals surface area contributed by atoms with Gasteiger partial charge in [0.2, 0.25) is 0 Å². The van der Waals surface area contributed by atoms with Crippen LogP contribution in [0.1, 0.15) is 75.1 Å².